The van der Waals surface area contributed by atoms with Gasteiger partial charge in [0.15, 0.2) is 5.78 Å². The molecule has 0 atom stereocenters. The molecule has 0 bridgehead atoms. The molecule has 2 rings (SSSR count). The molecule has 0 spiro atoms. The van der Waals surface area contributed by atoms with E-state index >= 15 is 0 Å². The van der Waals surface area contributed by atoms with E-state index in [1.54, 1.807) is 7.11 Å². The Bertz CT molecular complexity index is 561. The van der Waals surface area contributed by atoms with Gasteiger partial charge < -0.3 is 4.74 Å². The molecule has 1 heterocycles. The molecule has 0 aliphatic heterocycles. The van der Waals surface area contributed by atoms with Crippen LogP contribution >= 0.6 is 0 Å². The first kappa shape index (κ1) is 10.6. The number of carbonyl (C=O) groups is 1. The Balaban J connectivity index is 2.88. The summed E-state index contributed by atoms with van der Waals surface area (Å²) in [6.45, 7) is 3.37. The number of carbonyl (C=O) groups excluding carboxylic acids is 1. The van der Waals surface area contributed by atoms with Crippen LogP contribution in [-0.4, -0.2) is 17.9 Å². The predicted octanol–water partition coefficient (Wildman–Crippen LogP) is 2.75. The lowest BCUT2D eigenvalue weighted by molar-refractivity contribution is 0.101. The van der Waals surface area contributed by atoms with E-state index in [4.69, 9.17) is 4.74 Å². The van der Waals surface area contributed by atoms with Gasteiger partial charge in [-0.25, -0.2) is 4.98 Å². The highest BCUT2D eigenvalue weighted by molar-refractivity contribution is 5.98. The van der Waals surface area contributed by atoms with Gasteiger partial charge in [0.25, 0.3) is 0 Å². The predicted molar refractivity (Wildman–Crippen MR) is 63.0 cm³/mol. The molecule has 3 heteroatoms. The fourth-order valence-corrected chi connectivity index (χ4v) is 1.88. The van der Waals surface area contributed by atoms with Crippen LogP contribution in [0.4, 0.5) is 0 Å². The van der Waals surface area contributed by atoms with Gasteiger partial charge in [-0.05, 0) is 19.1 Å². The van der Waals surface area contributed by atoms with E-state index < -0.39 is 0 Å². The van der Waals surface area contributed by atoms with Gasteiger partial charge >= 0.3 is 0 Å². The van der Waals surface area contributed by atoms with E-state index in [-0.39, 0.29) is 5.78 Å². The molecule has 0 aliphatic carbocycles. The Labute approximate surface area is 94.1 Å². The third-order valence-corrected chi connectivity index (χ3v) is 2.61. The highest BCUT2D eigenvalue weighted by Gasteiger charge is 2.14. The fourth-order valence-electron chi connectivity index (χ4n) is 1.88. The number of nitrogens with zero attached hydrogens (tertiary/aromatic N) is 1. The third-order valence-electron chi connectivity index (χ3n) is 2.61. The van der Waals surface area contributed by atoms with Crippen molar-refractivity contribution >= 4 is 16.7 Å². The summed E-state index contributed by atoms with van der Waals surface area (Å²) < 4.78 is 5.36. The van der Waals surface area contributed by atoms with E-state index in [1.165, 1.54) is 6.92 Å². The molecular weight excluding hydrogens is 202 g/mol. The minimum Gasteiger partial charge on any atom is -0.496 e. The second-order valence-electron chi connectivity index (χ2n) is 3.69. The normalized spacial score (nSPS) is 10.4. The molecule has 0 radical (unpaired) electrons. The Morgan fingerprint density at radius 3 is 2.62 bits per heavy atom. The first-order chi connectivity index (χ1) is 7.65. The number of pyridine rings is 1. The van der Waals surface area contributed by atoms with E-state index in [2.05, 4.69) is 4.98 Å². The zero-order valence-corrected chi connectivity index (χ0v) is 9.57. The van der Waals surface area contributed by atoms with Crippen LogP contribution in [0.2, 0.25) is 0 Å². The van der Waals surface area contributed by atoms with Gasteiger partial charge in [-0.15, -0.1) is 0 Å². The SMILES string of the molecule is COc1c(C)c(C(C)=O)nc2ccccc12. The third kappa shape index (κ3) is 1.54. The number of rotatable bonds is 2. The number of hydrogen-bond acceptors (Lipinski definition) is 3. The maximum atomic E-state index is 11.5. The van der Waals surface area contributed by atoms with Gasteiger partial charge in [-0.3, -0.25) is 4.79 Å². The lowest BCUT2D eigenvalue weighted by Crippen LogP contribution is -2.03. The number of para-hydroxylation sites is 1. The molecule has 0 saturated carbocycles. The summed E-state index contributed by atoms with van der Waals surface area (Å²) in [4.78, 5) is 15.8. The average Bonchev–Trinajstić information content (AvgIpc) is 2.28. The fraction of sp³-hybridized carbons (Fsp3) is 0.231. The topological polar surface area (TPSA) is 39.2 Å². The van der Waals surface area contributed by atoms with Gasteiger partial charge in [0.05, 0.1) is 12.6 Å². The molecule has 1 aromatic heterocycles. The van der Waals surface area contributed by atoms with Crippen LogP contribution in [0.5, 0.6) is 5.75 Å². The lowest BCUT2D eigenvalue weighted by atomic mass is 10.1. The molecule has 0 fully saturated rings. The summed E-state index contributed by atoms with van der Waals surface area (Å²) in [6, 6.07) is 7.65. The van der Waals surface area contributed by atoms with Crippen molar-refractivity contribution in [3.63, 3.8) is 0 Å². The Morgan fingerprint density at radius 1 is 1.31 bits per heavy atom. The van der Waals surface area contributed by atoms with Crippen molar-refractivity contribution in [2.45, 2.75) is 13.8 Å². The largest absolute Gasteiger partial charge is 0.496 e. The van der Waals surface area contributed by atoms with Crippen molar-refractivity contribution in [2.24, 2.45) is 0 Å². The Kier molecular flexibility index (Phi) is 2.60. The summed E-state index contributed by atoms with van der Waals surface area (Å²) in [5.74, 6) is 0.692. The van der Waals surface area contributed by atoms with Crippen LogP contribution in [-0.2, 0) is 0 Å². The quantitative estimate of drug-likeness (QED) is 0.723. The number of aromatic nitrogens is 1. The van der Waals surface area contributed by atoms with Gasteiger partial charge in [0.2, 0.25) is 0 Å². The summed E-state index contributed by atoms with van der Waals surface area (Å²) in [6.07, 6.45) is 0. The standard InChI is InChI=1S/C13H13NO2/c1-8-12(9(2)15)14-11-7-5-4-6-10(11)13(8)16-3/h4-7H,1-3H3. The van der Waals surface area contributed by atoms with Crippen molar-refractivity contribution in [3.8, 4) is 5.75 Å². The second-order valence-corrected chi connectivity index (χ2v) is 3.69. The monoisotopic (exact) mass is 215 g/mol. The summed E-state index contributed by atoms with van der Waals surface area (Å²) >= 11 is 0. The van der Waals surface area contributed by atoms with Crippen LogP contribution in [0.3, 0.4) is 0 Å². The number of benzene rings is 1. The summed E-state index contributed by atoms with van der Waals surface area (Å²) in [7, 11) is 1.61. The van der Waals surface area contributed by atoms with Gasteiger partial charge in [0.1, 0.15) is 11.4 Å². The maximum absolute atomic E-state index is 11.5. The molecule has 2 aromatic rings. The number of methoxy groups -OCH3 is 1. The molecule has 1 aromatic carbocycles. The van der Waals surface area contributed by atoms with Crippen LogP contribution in [0, 0.1) is 6.92 Å². The average molecular weight is 215 g/mol. The molecule has 0 aliphatic rings. The Morgan fingerprint density at radius 2 is 2.00 bits per heavy atom. The van der Waals surface area contributed by atoms with Gasteiger partial charge in [-0.2, -0.15) is 0 Å². The summed E-state index contributed by atoms with van der Waals surface area (Å²) in [5, 5.41) is 0.938. The highest BCUT2D eigenvalue weighted by atomic mass is 16.5. The minimum absolute atomic E-state index is 0.0402. The lowest BCUT2D eigenvalue weighted by Gasteiger charge is -2.11. The zero-order chi connectivity index (χ0) is 11.7. The molecule has 3 nitrogen and oxygen atoms in total. The van der Waals surface area contributed by atoms with E-state index in [9.17, 15) is 4.79 Å². The van der Waals surface area contributed by atoms with Crippen LogP contribution in [0.25, 0.3) is 10.9 Å². The van der Waals surface area contributed by atoms with Crippen LogP contribution in [0.15, 0.2) is 24.3 Å². The van der Waals surface area contributed by atoms with Crippen molar-refractivity contribution in [2.75, 3.05) is 7.11 Å². The van der Waals surface area contributed by atoms with Crippen molar-refractivity contribution in [1.82, 2.24) is 4.98 Å². The Hall–Kier alpha value is -1.90. The van der Waals surface area contributed by atoms with Gasteiger partial charge in [-0.1, -0.05) is 12.1 Å². The maximum Gasteiger partial charge on any atom is 0.178 e. The zero-order valence-electron chi connectivity index (χ0n) is 9.57. The highest BCUT2D eigenvalue weighted by Crippen LogP contribution is 2.29. The molecule has 0 amide bonds. The number of fused-ring (bicyclic) bond motifs is 1. The molecule has 82 valence electrons. The summed E-state index contributed by atoms with van der Waals surface area (Å²) in [5.41, 5.74) is 2.07. The molecular formula is C13H13NO2. The van der Waals surface area contributed by atoms with Crippen molar-refractivity contribution < 1.29 is 9.53 Å². The molecule has 0 saturated heterocycles. The van der Waals surface area contributed by atoms with E-state index in [0.717, 1.165) is 22.2 Å². The number of hydrogen-bond donors (Lipinski definition) is 0. The molecule has 0 unspecified atom stereocenters. The first-order valence-corrected chi connectivity index (χ1v) is 5.09. The first-order valence-electron chi connectivity index (χ1n) is 5.09. The van der Waals surface area contributed by atoms with Crippen molar-refractivity contribution in [1.29, 1.82) is 0 Å². The van der Waals surface area contributed by atoms with Crippen LogP contribution in [0.1, 0.15) is 23.0 Å². The minimum atomic E-state index is -0.0402. The number of Topliss-reactive ketones (excluding diaryl/α,β-unsaturated/α-hetero) is 1. The molecule has 0 N–H and O–H groups in total. The smallest absolute Gasteiger partial charge is 0.178 e. The van der Waals surface area contributed by atoms with Gasteiger partial charge in [0, 0.05) is 17.9 Å². The number of ketones is 1. The van der Waals surface area contributed by atoms with Crippen LogP contribution < -0.4 is 4.74 Å². The van der Waals surface area contributed by atoms with Crippen molar-refractivity contribution in [3.05, 3.63) is 35.5 Å². The molecule has 16 heavy (non-hydrogen) atoms. The van der Waals surface area contributed by atoms with E-state index in [1.807, 2.05) is 31.2 Å². The second kappa shape index (κ2) is 3.93. The number of ether oxygens (including phenoxy) is 1. The van der Waals surface area contributed by atoms with E-state index in [0.29, 0.717) is 5.69 Å².